The monoisotopic (exact) mass is 410 g/mol. The van der Waals surface area contributed by atoms with E-state index >= 15 is 0 Å². The molecule has 8 nitrogen and oxygen atoms in total. The van der Waals surface area contributed by atoms with Crippen LogP contribution in [0.2, 0.25) is 0 Å². The van der Waals surface area contributed by atoms with Gasteiger partial charge in [-0.2, -0.15) is 0 Å². The number of hydrogen-bond donors (Lipinski definition) is 0. The molecule has 2 unspecified atom stereocenters. The van der Waals surface area contributed by atoms with Crippen molar-refractivity contribution < 1.29 is 37.1 Å². The summed E-state index contributed by atoms with van der Waals surface area (Å²) in [6, 6.07) is 4.86. The molecule has 0 aliphatic carbocycles. The van der Waals surface area contributed by atoms with Crippen molar-refractivity contribution in [3.63, 3.8) is 0 Å². The highest BCUT2D eigenvalue weighted by Crippen LogP contribution is 2.36. The Morgan fingerprint density at radius 3 is 2.11 bits per heavy atom. The maximum Gasteiger partial charge on any atom is 0.742 e. The molecule has 1 aromatic rings. The van der Waals surface area contributed by atoms with Crippen LogP contribution in [0.4, 0.5) is 0 Å². The summed E-state index contributed by atoms with van der Waals surface area (Å²) in [6.07, 6.45) is 0.880. The summed E-state index contributed by atoms with van der Waals surface area (Å²) in [6.45, 7) is 9.67. The molecule has 0 amide bonds. The fourth-order valence-electron chi connectivity index (χ4n) is 2.87. The van der Waals surface area contributed by atoms with Gasteiger partial charge in [0.1, 0.15) is 5.75 Å². The molecule has 154 valence electrons. The molecule has 0 saturated heterocycles. The van der Waals surface area contributed by atoms with Gasteiger partial charge in [-0.3, -0.25) is 14.4 Å². The predicted octanol–water partition coefficient (Wildman–Crippen LogP) is 2.19. The van der Waals surface area contributed by atoms with E-state index in [1.54, 1.807) is 18.2 Å². The zero-order chi connectivity index (χ0) is 21.1. The van der Waals surface area contributed by atoms with Crippen molar-refractivity contribution in [2.75, 3.05) is 0 Å². The van der Waals surface area contributed by atoms with Crippen molar-refractivity contribution in [2.45, 2.75) is 60.4 Å². The molecule has 1 aliphatic rings. The Labute approximate surface area is 165 Å². The van der Waals surface area contributed by atoms with Crippen LogP contribution in [0.25, 0.3) is 0 Å². The molecule has 1 aliphatic heterocycles. The van der Waals surface area contributed by atoms with Gasteiger partial charge in [0.2, 0.25) is 5.79 Å². The molecule has 9 heteroatoms. The smallest absolute Gasteiger partial charge is 0.462 e. The Morgan fingerprint density at radius 1 is 1.11 bits per heavy atom. The van der Waals surface area contributed by atoms with E-state index in [0.717, 1.165) is 27.2 Å². The largest absolute Gasteiger partial charge is 0.742 e. The summed E-state index contributed by atoms with van der Waals surface area (Å²) in [5.41, 5.74) is 0.668. The molecule has 0 spiro atoms. The highest BCUT2D eigenvalue weighted by molar-refractivity contribution is 6.79. The van der Waals surface area contributed by atoms with E-state index in [1.165, 1.54) is 0 Å². The van der Waals surface area contributed by atoms with E-state index in [4.69, 9.17) is 22.8 Å². The quantitative estimate of drug-likeness (QED) is 0.659. The molecule has 0 bridgehead atoms. The fraction of sp³-hybridized carbons (Fsp3) is 0.526. The van der Waals surface area contributed by atoms with Gasteiger partial charge in [0.15, 0.2) is 0 Å². The molecule has 28 heavy (non-hydrogen) atoms. The van der Waals surface area contributed by atoms with Crippen LogP contribution in [-0.2, 0) is 39.0 Å². The zero-order valence-corrected chi connectivity index (χ0v) is 18.0. The lowest BCUT2D eigenvalue weighted by Crippen LogP contribution is -2.59. The SMILES string of the molecule is CCC(C)C1(C)OCc2cc([Si](OC(C)=O)(OC(C)=O)OC(C)=O)ccc2O1. The average molecular weight is 410 g/mol. The van der Waals surface area contributed by atoms with Gasteiger partial charge >= 0.3 is 8.80 Å². The first-order valence-electron chi connectivity index (χ1n) is 9.06. The number of ether oxygens (including phenoxy) is 2. The van der Waals surface area contributed by atoms with Gasteiger partial charge in [-0.25, -0.2) is 0 Å². The fourth-order valence-corrected chi connectivity index (χ4v) is 5.12. The molecule has 0 radical (unpaired) electrons. The zero-order valence-electron chi connectivity index (χ0n) is 17.0. The van der Waals surface area contributed by atoms with Gasteiger partial charge in [0.05, 0.1) is 11.8 Å². The van der Waals surface area contributed by atoms with E-state index in [-0.39, 0.29) is 17.7 Å². The second-order valence-corrected chi connectivity index (χ2v) is 9.18. The first-order chi connectivity index (χ1) is 13.0. The van der Waals surface area contributed by atoms with Gasteiger partial charge < -0.3 is 22.8 Å². The minimum Gasteiger partial charge on any atom is -0.462 e. The normalized spacial score (nSPS) is 19.6. The molecule has 0 aromatic heterocycles. The molecular weight excluding hydrogens is 384 g/mol. The molecule has 1 heterocycles. The van der Waals surface area contributed by atoms with Crippen LogP contribution in [0.5, 0.6) is 5.75 Å². The van der Waals surface area contributed by atoms with Gasteiger partial charge in [-0.1, -0.05) is 13.8 Å². The lowest BCUT2D eigenvalue weighted by atomic mass is 9.98. The van der Waals surface area contributed by atoms with Crippen LogP contribution in [0, 0.1) is 5.92 Å². The van der Waals surface area contributed by atoms with E-state index in [1.807, 2.05) is 13.8 Å². The molecule has 2 atom stereocenters. The first-order valence-corrected chi connectivity index (χ1v) is 10.8. The third kappa shape index (κ3) is 4.71. The minimum absolute atomic E-state index is 0.164. The lowest BCUT2D eigenvalue weighted by Gasteiger charge is -2.40. The summed E-state index contributed by atoms with van der Waals surface area (Å²) in [4.78, 5) is 35.0. The van der Waals surface area contributed by atoms with Crippen molar-refractivity contribution in [3.05, 3.63) is 23.8 Å². The van der Waals surface area contributed by atoms with Crippen molar-refractivity contribution in [3.8, 4) is 5.75 Å². The summed E-state index contributed by atoms with van der Waals surface area (Å²) >= 11 is 0. The average Bonchev–Trinajstić information content (AvgIpc) is 2.58. The van der Waals surface area contributed by atoms with Gasteiger partial charge in [-0.15, -0.1) is 0 Å². The van der Waals surface area contributed by atoms with Gasteiger partial charge in [0.25, 0.3) is 17.9 Å². The third-order valence-corrected chi connectivity index (χ3v) is 7.27. The summed E-state index contributed by atoms with van der Waals surface area (Å²) in [5, 5.41) is 0.284. The summed E-state index contributed by atoms with van der Waals surface area (Å²) < 4.78 is 27.8. The van der Waals surface area contributed by atoms with Crippen LogP contribution >= 0.6 is 0 Å². The Morgan fingerprint density at radius 2 is 1.64 bits per heavy atom. The Bertz CT molecular complexity index is 736. The number of rotatable bonds is 6. The number of carbonyl (C=O) groups is 3. The van der Waals surface area contributed by atoms with E-state index in [9.17, 15) is 14.4 Å². The maximum atomic E-state index is 11.7. The van der Waals surface area contributed by atoms with Crippen molar-refractivity contribution in [1.82, 2.24) is 0 Å². The third-order valence-electron chi connectivity index (χ3n) is 4.58. The van der Waals surface area contributed by atoms with Crippen molar-refractivity contribution in [2.24, 2.45) is 5.92 Å². The predicted molar refractivity (Wildman–Crippen MR) is 100 cm³/mol. The van der Waals surface area contributed by atoms with Gasteiger partial charge in [-0.05, 0) is 24.6 Å². The Balaban J connectivity index is 2.47. The van der Waals surface area contributed by atoms with Crippen LogP contribution in [0.3, 0.4) is 0 Å². The van der Waals surface area contributed by atoms with E-state index in [2.05, 4.69) is 6.92 Å². The highest BCUT2D eigenvalue weighted by Gasteiger charge is 2.55. The second kappa shape index (κ2) is 8.32. The first kappa shape index (κ1) is 21.9. The molecule has 0 saturated carbocycles. The van der Waals surface area contributed by atoms with Crippen molar-refractivity contribution in [1.29, 1.82) is 0 Å². The summed E-state index contributed by atoms with van der Waals surface area (Å²) in [5.74, 6) is -2.19. The van der Waals surface area contributed by atoms with Crippen LogP contribution in [-0.4, -0.2) is 32.5 Å². The number of carbonyl (C=O) groups excluding carboxylic acids is 3. The highest BCUT2D eigenvalue weighted by atomic mass is 28.4. The minimum atomic E-state index is -4.14. The number of fused-ring (bicyclic) bond motifs is 1. The molecule has 1 aromatic carbocycles. The molecule has 2 rings (SSSR count). The number of hydrogen-bond acceptors (Lipinski definition) is 8. The van der Waals surface area contributed by atoms with E-state index < -0.39 is 32.5 Å². The van der Waals surface area contributed by atoms with E-state index in [0.29, 0.717) is 11.3 Å². The molecular formula is C19H26O8Si. The molecule has 0 fully saturated rings. The molecule has 0 N–H and O–H groups in total. The topological polar surface area (TPSA) is 97.4 Å². The summed E-state index contributed by atoms with van der Waals surface area (Å²) in [7, 11) is -4.14. The Kier molecular flexibility index (Phi) is 6.51. The lowest BCUT2D eigenvalue weighted by molar-refractivity contribution is -0.223. The Hall–Kier alpha value is -2.39. The second-order valence-electron chi connectivity index (χ2n) is 6.88. The van der Waals surface area contributed by atoms with Gasteiger partial charge in [0, 0.05) is 39.2 Å². The number of benzene rings is 1. The van der Waals surface area contributed by atoms with Crippen LogP contribution in [0.15, 0.2) is 18.2 Å². The standard InChI is InChI=1S/C19H26O8Si/c1-7-12(2)19(6)23-11-16-10-17(8-9-18(16)24-19)28(25-13(3)20,26-14(4)21)27-15(5)22/h8-10,12H,7,11H2,1-6H3. The van der Waals surface area contributed by atoms with Crippen LogP contribution in [0.1, 0.15) is 53.5 Å². The van der Waals surface area contributed by atoms with Crippen molar-refractivity contribution >= 4 is 31.9 Å². The van der Waals surface area contributed by atoms with Crippen LogP contribution < -0.4 is 9.92 Å². The maximum absolute atomic E-state index is 11.7.